The fraction of sp³-hybridized carbons (Fsp3) is 0.467. The Hall–Kier alpha value is -1.15. The lowest BCUT2D eigenvalue weighted by molar-refractivity contribution is 0.0924. The highest BCUT2D eigenvalue weighted by molar-refractivity contribution is 5.97. The molecule has 0 bridgehead atoms. The first-order valence-electron chi connectivity index (χ1n) is 6.20. The van der Waals surface area contributed by atoms with Crippen LogP contribution in [-0.4, -0.2) is 18.9 Å². The number of rotatable bonds is 7. The van der Waals surface area contributed by atoms with Crippen LogP contribution in [0.5, 0.6) is 0 Å². The first kappa shape index (κ1) is 13.9. The van der Waals surface area contributed by atoms with Crippen LogP contribution in [0.1, 0.15) is 37.6 Å². The van der Waals surface area contributed by atoms with E-state index in [0.29, 0.717) is 0 Å². The highest BCUT2D eigenvalue weighted by Gasteiger charge is 2.14. The second-order valence-corrected chi connectivity index (χ2v) is 4.80. The summed E-state index contributed by atoms with van der Waals surface area (Å²) in [6.45, 7) is 8.04. The van der Waals surface area contributed by atoms with Gasteiger partial charge in [-0.05, 0) is 18.9 Å². The molecule has 0 aliphatic carbocycles. The Morgan fingerprint density at radius 3 is 2.47 bits per heavy atom. The van der Waals surface area contributed by atoms with Gasteiger partial charge in [0.1, 0.15) is 0 Å². The number of carbonyl (C=O) groups is 1. The van der Waals surface area contributed by atoms with Crippen LogP contribution < -0.4 is 5.32 Å². The Balaban J connectivity index is 2.33. The molecule has 1 aromatic carbocycles. The minimum atomic E-state index is 0.0852. The SMILES string of the molecule is C[C](C)CNCCC(C)C(=O)c1ccccc1. The van der Waals surface area contributed by atoms with Crippen molar-refractivity contribution in [2.24, 2.45) is 5.92 Å². The Labute approximate surface area is 104 Å². The summed E-state index contributed by atoms with van der Waals surface area (Å²) in [4.78, 5) is 12.0. The Kier molecular flexibility index (Phi) is 5.92. The average Bonchev–Trinajstić information content (AvgIpc) is 2.34. The molecule has 2 nitrogen and oxygen atoms in total. The summed E-state index contributed by atoms with van der Waals surface area (Å²) >= 11 is 0. The quantitative estimate of drug-likeness (QED) is 0.578. The van der Waals surface area contributed by atoms with Gasteiger partial charge in [-0.25, -0.2) is 0 Å². The molecule has 1 N–H and O–H groups in total. The molecule has 1 radical (unpaired) electrons. The smallest absolute Gasteiger partial charge is 0.165 e. The summed E-state index contributed by atoms with van der Waals surface area (Å²) in [6.07, 6.45) is 0.890. The molecule has 1 unspecified atom stereocenters. The van der Waals surface area contributed by atoms with Crippen LogP contribution >= 0.6 is 0 Å². The van der Waals surface area contributed by atoms with Gasteiger partial charge in [-0.2, -0.15) is 0 Å². The Bertz CT molecular complexity index is 332. The van der Waals surface area contributed by atoms with E-state index in [1.54, 1.807) is 0 Å². The topological polar surface area (TPSA) is 29.1 Å². The molecule has 0 spiro atoms. The van der Waals surface area contributed by atoms with Crippen LogP contribution in [-0.2, 0) is 0 Å². The Morgan fingerprint density at radius 1 is 1.24 bits per heavy atom. The van der Waals surface area contributed by atoms with E-state index in [0.717, 1.165) is 25.1 Å². The van der Waals surface area contributed by atoms with E-state index in [2.05, 4.69) is 19.2 Å². The molecule has 1 rings (SSSR count). The van der Waals surface area contributed by atoms with Gasteiger partial charge in [0.2, 0.25) is 0 Å². The van der Waals surface area contributed by atoms with Crippen molar-refractivity contribution in [1.82, 2.24) is 5.32 Å². The molecule has 2 heteroatoms. The third kappa shape index (κ3) is 5.14. The normalized spacial score (nSPS) is 12.7. The fourth-order valence-electron chi connectivity index (χ4n) is 1.67. The summed E-state index contributed by atoms with van der Waals surface area (Å²) in [5.41, 5.74) is 0.818. The van der Waals surface area contributed by atoms with Gasteiger partial charge in [0.25, 0.3) is 0 Å². The van der Waals surface area contributed by atoms with Crippen molar-refractivity contribution >= 4 is 5.78 Å². The summed E-state index contributed by atoms with van der Waals surface area (Å²) in [5.74, 6) is 1.69. The maximum absolute atomic E-state index is 12.0. The Morgan fingerprint density at radius 2 is 1.88 bits per heavy atom. The molecule has 17 heavy (non-hydrogen) atoms. The number of benzene rings is 1. The largest absolute Gasteiger partial charge is 0.316 e. The van der Waals surface area contributed by atoms with Gasteiger partial charge < -0.3 is 5.32 Å². The van der Waals surface area contributed by atoms with Gasteiger partial charge in [-0.1, -0.05) is 51.1 Å². The van der Waals surface area contributed by atoms with E-state index in [9.17, 15) is 4.79 Å². The van der Waals surface area contributed by atoms with E-state index in [1.807, 2.05) is 37.3 Å². The number of hydrogen-bond acceptors (Lipinski definition) is 2. The van der Waals surface area contributed by atoms with Gasteiger partial charge in [0.15, 0.2) is 5.78 Å². The number of ketones is 1. The van der Waals surface area contributed by atoms with Crippen LogP contribution in [0.15, 0.2) is 30.3 Å². The molecule has 0 saturated heterocycles. The minimum absolute atomic E-state index is 0.0852. The second-order valence-electron chi connectivity index (χ2n) is 4.80. The van der Waals surface area contributed by atoms with E-state index in [4.69, 9.17) is 0 Å². The minimum Gasteiger partial charge on any atom is -0.316 e. The van der Waals surface area contributed by atoms with Crippen molar-refractivity contribution < 1.29 is 4.79 Å². The summed E-state index contributed by atoms with van der Waals surface area (Å²) in [5, 5.41) is 3.33. The third-order valence-corrected chi connectivity index (χ3v) is 2.74. The molecule has 0 aromatic heterocycles. The molecular weight excluding hydrogens is 210 g/mol. The van der Waals surface area contributed by atoms with Crippen molar-refractivity contribution in [3.8, 4) is 0 Å². The molecule has 93 valence electrons. The predicted molar refractivity (Wildman–Crippen MR) is 72.0 cm³/mol. The summed E-state index contributed by atoms with van der Waals surface area (Å²) in [7, 11) is 0. The predicted octanol–water partition coefficient (Wildman–Crippen LogP) is 3.10. The second kappa shape index (κ2) is 7.23. The highest BCUT2D eigenvalue weighted by atomic mass is 16.1. The lowest BCUT2D eigenvalue weighted by Crippen LogP contribution is -2.23. The molecule has 0 heterocycles. The summed E-state index contributed by atoms with van der Waals surface area (Å²) < 4.78 is 0. The van der Waals surface area contributed by atoms with Crippen molar-refractivity contribution in [2.75, 3.05) is 13.1 Å². The zero-order valence-corrected chi connectivity index (χ0v) is 11.0. The van der Waals surface area contributed by atoms with Crippen LogP contribution in [0.25, 0.3) is 0 Å². The van der Waals surface area contributed by atoms with Gasteiger partial charge in [-0.15, -0.1) is 0 Å². The molecule has 1 atom stereocenters. The highest BCUT2D eigenvalue weighted by Crippen LogP contribution is 2.11. The first-order valence-corrected chi connectivity index (χ1v) is 6.20. The van der Waals surface area contributed by atoms with Crippen molar-refractivity contribution in [3.05, 3.63) is 41.8 Å². The fourth-order valence-corrected chi connectivity index (χ4v) is 1.67. The van der Waals surface area contributed by atoms with Gasteiger partial charge in [0, 0.05) is 18.0 Å². The number of Topliss-reactive ketones (excluding diaryl/α,β-unsaturated/α-hetero) is 1. The van der Waals surface area contributed by atoms with Crippen LogP contribution in [0.3, 0.4) is 0 Å². The van der Waals surface area contributed by atoms with Crippen molar-refractivity contribution in [1.29, 1.82) is 0 Å². The van der Waals surface area contributed by atoms with E-state index >= 15 is 0 Å². The molecular formula is C15H22NO. The number of nitrogens with one attached hydrogen (secondary N) is 1. The molecule has 0 aliphatic rings. The standard InChI is InChI=1S/C15H22NO/c1-12(2)11-16-10-9-13(3)15(17)14-7-5-4-6-8-14/h4-8,13,16H,9-11H2,1-3H3. The average molecular weight is 232 g/mol. The molecule has 0 saturated carbocycles. The molecule has 0 amide bonds. The number of carbonyl (C=O) groups excluding carboxylic acids is 1. The molecule has 0 fully saturated rings. The molecule has 1 aromatic rings. The van der Waals surface area contributed by atoms with Crippen molar-refractivity contribution in [2.45, 2.75) is 27.2 Å². The number of hydrogen-bond donors (Lipinski definition) is 1. The van der Waals surface area contributed by atoms with Gasteiger partial charge in [0.05, 0.1) is 0 Å². The van der Waals surface area contributed by atoms with Gasteiger partial charge in [-0.3, -0.25) is 4.79 Å². The molecule has 0 aliphatic heterocycles. The lowest BCUT2D eigenvalue weighted by Gasteiger charge is -2.12. The zero-order chi connectivity index (χ0) is 12.7. The maximum atomic E-state index is 12.0. The zero-order valence-electron chi connectivity index (χ0n) is 11.0. The monoisotopic (exact) mass is 232 g/mol. The van der Waals surface area contributed by atoms with Crippen molar-refractivity contribution in [3.63, 3.8) is 0 Å². The lowest BCUT2D eigenvalue weighted by atomic mass is 9.96. The van der Waals surface area contributed by atoms with E-state index < -0.39 is 0 Å². The first-order chi connectivity index (χ1) is 8.11. The van der Waals surface area contributed by atoms with Crippen LogP contribution in [0.4, 0.5) is 0 Å². The van der Waals surface area contributed by atoms with E-state index in [-0.39, 0.29) is 11.7 Å². The van der Waals surface area contributed by atoms with Crippen LogP contribution in [0.2, 0.25) is 0 Å². The maximum Gasteiger partial charge on any atom is 0.165 e. The van der Waals surface area contributed by atoms with Crippen LogP contribution in [0, 0.1) is 11.8 Å². The van der Waals surface area contributed by atoms with E-state index in [1.165, 1.54) is 5.92 Å². The summed E-state index contributed by atoms with van der Waals surface area (Å²) in [6, 6.07) is 9.52. The van der Waals surface area contributed by atoms with Gasteiger partial charge >= 0.3 is 0 Å². The third-order valence-electron chi connectivity index (χ3n) is 2.74.